The van der Waals surface area contributed by atoms with Gasteiger partial charge in [0.2, 0.25) is 0 Å². The normalized spacial score (nSPS) is 11.7. The van der Waals surface area contributed by atoms with Gasteiger partial charge in [0.1, 0.15) is 5.65 Å². The second-order valence-corrected chi connectivity index (χ2v) is 8.51. The number of nitrogens with zero attached hydrogens (tertiary/aromatic N) is 2. The van der Waals surface area contributed by atoms with Crippen molar-refractivity contribution in [1.29, 1.82) is 0 Å². The maximum absolute atomic E-state index is 11.7. The van der Waals surface area contributed by atoms with Gasteiger partial charge in [-0.05, 0) is 62.0 Å². The van der Waals surface area contributed by atoms with Gasteiger partial charge in [-0.1, -0.05) is 12.1 Å². The molecule has 3 heterocycles. The molecule has 0 atom stereocenters. The van der Waals surface area contributed by atoms with Crippen molar-refractivity contribution < 1.29 is 9.90 Å². The number of aromatic nitrogens is 2. The lowest BCUT2D eigenvalue weighted by molar-refractivity contribution is 0.195. The Morgan fingerprint density at radius 3 is 2.50 bits per heavy atom. The fraction of sp³-hybridized carbons (Fsp3) is 0.182. The third-order valence-corrected chi connectivity index (χ3v) is 5.62. The van der Waals surface area contributed by atoms with Crippen LogP contribution in [0.15, 0.2) is 60.2 Å². The number of carbonyl (C=O) groups is 1. The molecule has 0 fully saturated rings. The molecule has 0 spiro atoms. The lowest BCUT2D eigenvalue weighted by atomic mass is 10.0. The first-order valence-electron chi connectivity index (χ1n) is 9.00. The summed E-state index contributed by atoms with van der Waals surface area (Å²) in [5.74, 6) is 0. The molecule has 2 N–H and O–H groups in total. The fourth-order valence-electron chi connectivity index (χ4n) is 3.48. The standard InChI is InChI=1S/C22H21N3O2S/c1-22(2,3)25(21(26)27)15-6-4-14(5-7-15)16-10-13-28-19(16)17-8-11-23-20-18(17)9-12-24-20/h4-13H,1-3H3,(H,23,24)(H,26,27). The first kappa shape index (κ1) is 18.3. The van der Waals surface area contributed by atoms with E-state index in [-0.39, 0.29) is 0 Å². The van der Waals surface area contributed by atoms with E-state index in [2.05, 4.69) is 21.4 Å². The van der Waals surface area contributed by atoms with E-state index in [1.807, 2.05) is 69.6 Å². The average molecular weight is 391 g/mol. The molecule has 0 saturated carbocycles. The number of anilines is 1. The number of aromatic amines is 1. The topological polar surface area (TPSA) is 69.2 Å². The fourth-order valence-corrected chi connectivity index (χ4v) is 4.44. The van der Waals surface area contributed by atoms with Crippen LogP contribution in [0.5, 0.6) is 0 Å². The molecular formula is C22H21N3O2S. The summed E-state index contributed by atoms with van der Waals surface area (Å²) in [5.41, 5.74) is 4.34. The summed E-state index contributed by atoms with van der Waals surface area (Å²) in [4.78, 5) is 21.8. The van der Waals surface area contributed by atoms with Crippen molar-refractivity contribution in [2.24, 2.45) is 0 Å². The van der Waals surface area contributed by atoms with Crippen LogP contribution < -0.4 is 4.90 Å². The van der Waals surface area contributed by atoms with Crippen LogP contribution >= 0.6 is 11.3 Å². The van der Waals surface area contributed by atoms with E-state index >= 15 is 0 Å². The van der Waals surface area contributed by atoms with Gasteiger partial charge < -0.3 is 10.1 Å². The Hall–Kier alpha value is -3.12. The number of rotatable bonds is 3. The van der Waals surface area contributed by atoms with Crippen LogP contribution in [0.4, 0.5) is 10.5 Å². The highest BCUT2D eigenvalue weighted by atomic mass is 32.1. The number of amides is 1. The number of hydrogen-bond donors (Lipinski definition) is 2. The van der Waals surface area contributed by atoms with Crippen LogP contribution in [0.25, 0.3) is 32.6 Å². The zero-order valence-electron chi connectivity index (χ0n) is 15.9. The summed E-state index contributed by atoms with van der Waals surface area (Å²) in [6, 6.07) is 13.9. The average Bonchev–Trinajstić information content (AvgIpc) is 3.30. The molecule has 0 radical (unpaired) electrons. The van der Waals surface area contributed by atoms with Crippen molar-refractivity contribution in [2.45, 2.75) is 26.3 Å². The minimum absolute atomic E-state index is 0.516. The van der Waals surface area contributed by atoms with E-state index in [9.17, 15) is 9.90 Å². The Kier molecular flexibility index (Phi) is 4.43. The first-order chi connectivity index (χ1) is 13.4. The van der Waals surface area contributed by atoms with Gasteiger partial charge in [0.05, 0.1) is 0 Å². The highest BCUT2D eigenvalue weighted by Gasteiger charge is 2.27. The van der Waals surface area contributed by atoms with Crippen LogP contribution in [0.2, 0.25) is 0 Å². The van der Waals surface area contributed by atoms with Crippen LogP contribution in [0, 0.1) is 0 Å². The second-order valence-electron chi connectivity index (χ2n) is 7.60. The van der Waals surface area contributed by atoms with Crippen LogP contribution in [-0.2, 0) is 0 Å². The lowest BCUT2D eigenvalue weighted by Crippen LogP contribution is -2.45. The number of benzene rings is 1. The third-order valence-electron chi connectivity index (χ3n) is 4.67. The van der Waals surface area contributed by atoms with E-state index in [0.29, 0.717) is 5.69 Å². The molecular weight excluding hydrogens is 370 g/mol. The summed E-state index contributed by atoms with van der Waals surface area (Å²) < 4.78 is 0. The number of hydrogen-bond acceptors (Lipinski definition) is 3. The lowest BCUT2D eigenvalue weighted by Gasteiger charge is -2.33. The molecule has 0 saturated heterocycles. The third kappa shape index (κ3) is 3.16. The molecule has 0 aliphatic heterocycles. The van der Waals surface area contributed by atoms with Gasteiger partial charge in [-0.15, -0.1) is 11.3 Å². The predicted octanol–water partition coefficient (Wildman–Crippen LogP) is 6.24. The molecule has 0 bridgehead atoms. The minimum Gasteiger partial charge on any atom is -0.465 e. The quantitative estimate of drug-likeness (QED) is 0.434. The number of pyridine rings is 1. The number of carboxylic acid groups (broad SMARTS) is 1. The molecule has 142 valence electrons. The van der Waals surface area contributed by atoms with Crippen molar-refractivity contribution in [3.05, 3.63) is 60.2 Å². The van der Waals surface area contributed by atoms with Gasteiger partial charge in [-0.3, -0.25) is 4.90 Å². The molecule has 4 rings (SSSR count). The predicted molar refractivity (Wildman–Crippen MR) is 115 cm³/mol. The van der Waals surface area contributed by atoms with Gasteiger partial charge in [0, 0.05) is 45.0 Å². The van der Waals surface area contributed by atoms with Gasteiger partial charge in [0.15, 0.2) is 0 Å². The Morgan fingerprint density at radius 1 is 1.07 bits per heavy atom. The van der Waals surface area contributed by atoms with Gasteiger partial charge in [-0.2, -0.15) is 0 Å². The molecule has 5 nitrogen and oxygen atoms in total. The van der Waals surface area contributed by atoms with Crippen molar-refractivity contribution in [3.63, 3.8) is 0 Å². The van der Waals surface area contributed by atoms with E-state index < -0.39 is 11.6 Å². The van der Waals surface area contributed by atoms with E-state index in [1.165, 1.54) is 9.78 Å². The monoisotopic (exact) mass is 391 g/mol. The molecule has 1 amide bonds. The van der Waals surface area contributed by atoms with Crippen molar-refractivity contribution in [3.8, 4) is 21.6 Å². The zero-order chi connectivity index (χ0) is 19.9. The van der Waals surface area contributed by atoms with Gasteiger partial charge in [0.25, 0.3) is 0 Å². The molecule has 3 aromatic heterocycles. The van der Waals surface area contributed by atoms with Gasteiger partial charge >= 0.3 is 6.09 Å². The van der Waals surface area contributed by atoms with Crippen LogP contribution in [0.3, 0.4) is 0 Å². The summed E-state index contributed by atoms with van der Waals surface area (Å²) in [7, 11) is 0. The highest BCUT2D eigenvalue weighted by molar-refractivity contribution is 7.14. The minimum atomic E-state index is -0.955. The Labute approximate surface area is 167 Å². The molecule has 1 aromatic carbocycles. The molecule has 0 unspecified atom stereocenters. The Morgan fingerprint density at radius 2 is 1.82 bits per heavy atom. The number of fused-ring (bicyclic) bond motifs is 1. The molecule has 28 heavy (non-hydrogen) atoms. The number of nitrogens with one attached hydrogen (secondary N) is 1. The SMILES string of the molecule is CC(C)(C)N(C(=O)O)c1ccc(-c2ccsc2-c2ccnc3[nH]ccc23)cc1. The summed E-state index contributed by atoms with van der Waals surface area (Å²) >= 11 is 1.69. The Balaban J connectivity index is 1.75. The molecule has 6 heteroatoms. The summed E-state index contributed by atoms with van der Waals surface area (Å²) in [6.45, 7) is 5.66. The number of H-pyrrole nitrogens is 1. The number of thiophene rings is 1. The smallest absolute Gasteiger partial charge is 0.412 e. The van der Waals surface area contributed by atoms with Crippen molar-refractivity contribution >= 4 is 34.2 Å². The van der Waals surface area contributed by atoms with Crippen molar-refractivity contribution in [1.82, 2.24) is 9.97 Å². The summed E-state index contributed by atoms with van der Waals surface area (Å²) in [5, 5.41) is 12.8. The second kappa shape index (κ2) is 6.80. The zero-order valence-corrected chi connectivity index (χ0v) is 16.7. The largest absolute Gasteiger partial charge is 0.465 e. The Bertz CT molecular complexity index is 1140. The first-order valence-corrected chi connectivity index (χ1v) is 9.88. The van der Waals surface area contributed by atoms with E-state index in [4.69, 9.17) is 0 Å². The van der Waals surface area contributed by atoms with Crippen LogP contribution in [0.1, 0.15) is 20.8 Å². The summed E-state index contributed by atoms with van der Waals surface area (Å²) in [6.07, 6.45) is 2.76. The van der Waals surface area contributed by atoms with Crippen molar-refractivity contribution in [2.75, 3.05) is 4.90 Å². The molecule has 0 aliphatic rings. The van der Waals surface area contributed by atoms with E-state index in [0.717, 1.165) is 27.7 Å². The maximum atomic E-state index is 11.7. The molecule has 0 aliphatic carbocycles. The maximum Gasteiger partial charge on any atom is 0.412 e. The van der Waals surface area contributed by atoms with Gasteiger partial charge in [-0.25, -0.2) is 9.78 Å². The van der Waals surface area contributed by atoms with E-state index in [1.54, 1.807) is 11.3 Å². The highest BCUT2D eigenvalue weighted by Crippen LogP contribution is 2.40. The molecule has 4 aromatic rings. The van der Waals surface area contributed by atoms with Crippen LogP contribution in [-0.4, -0.2) is 26.7 Å².